The van der Waals surface area contributed by atoms with E-state index in [1.807, 2.05) is 0 Å². The molecular formula is C27H24N4O9S2. The van der Waals surface area contributed by atoms with Crippen molar-refractivity contribution >= 4 is 59.1 Å². The van der Waals surface area contributed by atoms with Crippen LogP contribution in [0.5, 0.6) is 0 Å². The maximum Gasteiger partial charge on any atom is 0.352 e. The number of benzene rings is 1. The third kappa shape index (κ3) is 5.32. The largest absolute Gasteiger partial charge is 0.618 e. The Balaban J connectivity index is 1.17. The second-order valence-corrected chi connectivity index (χ2v) is 11.7. The Morgan fingerprint density at radius 1 is 1.07 bits per heavy atom. The Kier molecular flexibility index (Phi) is 8.22. The van der Waals surface area contributed by atoms with Crippen molar-refractivity contribution in [1.29, 1.82) is 0 Å². The Labute approximate surface area is 247 Å². The number of carboxylic acids is 2. The minimum Gasteiger partial charge on any atom is -0.618 e. The fraction of sp³-hybridized carbons (Fsp3) is 0.296. The lowest BCUT2D eigenvalue weighted by Gasteiger charge is -2.49. The minimum absolute atomic E-state index is 0.0134. The first kappa shape index (κ1) is 29.1. The molecule has 3 aliphatic heterocycles. The fourth-order valence-corrected chi connectivity index (χ4v) is 7.43. The predicted octanol–water partition coefficient (Wildman–Crippen LogP) is 1.07. The lowest BCUT2D eigenvalue weighted by molar-refractivity contribution is -0.645. The van der Waals surface area contributed by atoms with Gasteiger partial charge >= 0.3 is 11.9 Å². The first-order valence-corrected chi connectivity index (χ1v) is 14.8. The molecule has 1 aromatic carbocycles. The molecular weight excluding hydrogens is 588 g/mol. The average Bonchev–Trinajstić information content (AvgIpc) is 3.22. The Morgan fingerprint density at radius 2 is 1.74 bits per heavy atom. The van der Waals surface area contributed by atoms with Gasteiger partial charge in [-0.3, -0.25) is 29.0 Å². The van der Waals surface area contributed by atoms with E-state index < -0.39 is 53.0 Å². The number of fused-ring (bicyclic) bond motifs is 2. The molecule has 3 N–H and O–H groups in total. The van der Waals surface area contributed by atoms with E-state index in [0.29, 0.717) is 20.2 Å². The Morgan fingerprint density at radius 3 is 2.36 bits per heavy atom. The maximum absolute atomic E-state index is 12.9. The van der Waals surface area contributed by atoms with Crippen molar-refractivity contribution in [2.45, 2.75) is 41.7 Å². The summed E-state index contributed by atoms with van der Waals surface area (Å²) in [5.74, 6) is -4.76. The zero-order valence-electron chi connectivity index (χ0n) is 21.8. The predicted molar refractivity (Wildman–Crippen MR) is 148 cm³/mol. The van der Waals surface area contributed by atoms with Crippen molar-refractivity contribution in [3.8, 4) is 0 Å². The van der Waals surface area contributed by atoms with Crippen LogP contribution in [0.1, 0.15) is 40.0 Å². The molecule has 15 heteroatoms. The molecule has 0 unspecified atom stereocenters. The smallest absolute Gasteiger partial charge is 0.352 e. The number of aromatic nitrogens is 1. The summed E-state index contributed by atoms with van der Waals surface area (Å²) >= 11 is 2.45. The third-order valence-electron chi connectivity index (χ3n) is 7.05. The molecule has 3 atom stereocenters. The molecule has 5 rings (SSSR count). The van der Waals surface area contributed by atoms with Crippen LogP contribution in [0.2, 0.25) is 0 Å². The van der Waals surface area contributed by atoms with Crippen LogP contribution in [-0.2, 0) is 19.2 Å². The SMILES string of the molecule is O=C(CCC[C@H](C(=O)O)N1C(=O)c2ccccc2C1=O)N[C@@H]1C(=O)N2C(C(=O)O)=C(CSc3cccc[n+]3[O-])CS[C@H]12. The molecule has 13 nitrogen and oxygen atoms in total. The van der Waals surface area contributed by atoms with Crippen LogP contribution in [0, 0.1) is 5.21 Å². The zero-order chi connectivity index (χ0) is 30.1. The van der Waals surface area contributed by atoms with Crippen LogP contribution >= 0.6 is 23.5 Å². The highest BCUT2D eigenvalue weighted by Crippen LogP contribution is 2.41. The standard InChI is InChI=1S/C27H24N4O9S2/c32-18(9-5-8-17(26(36)37)30-22(33)15-6-1-2-7-16(15)23(30)34)28-20-24(35)31-21(27(38)39)14(13-42-25(20)31)12-41-19-10-3-4-11-29(19)40/h1-4,6-7,10-11,17,20,25H,5,8-9,12-13H2,(H,28,32)(H,36,37)(H,38,39)/t17-,20-,25-/m1/s1. The number of rotatable bonds is 11. The first-order chi connectivity index (χ1) is 20.1. The number of β-lactam (4-membered cyclic amide) rings is 1. The highest BCUT2D eigenvalue weighted by molar-refractivity contribution is 8.01. The zero-order valence-corrected chi connectivity index (χ0v) is 23.4. The molecule has 0 bridgehead atoms. The van der Waals surface area contributed by atoms with E-state index in [-0.39, 0.29) is 47.6 Å². The van der Waals surface area contributed by atoms with Crippen LogP contribution < -0.4 is 10.0 Å². The van der Waals surface area contributed by atoms with Gasteiger partial charge in [-0.05, 0) is 36.6 Å². The molecule has 0 spiro atoms. The maximum atomic E-state index is 12.9. The molecule has 2 aromatic rings. The number of aliphatic carboxylic acids is 2. The van der Waals surface area contributed by atoms with Gasteiger partial charge in [0.1, 0.15) is 23.2 Å². The van der Waals surface area contributed by atoms with E-state index in [1.54, 1.807) is 30.3 Å². The molecule has 218 valence electrons. The lowest BCUT2D eigenvalue weighted by atomic mass is 10.0. The summed E-state index contributed by atoms with van der Waals surface area (Å²) in [7, 11) is 0. The van der Waals surface area contributed by atoms with Gasteiger partial charge < -0.3 is 20.7 Å². The first-order valence-electron chi connectivity index (χ1n) is 12.8. The number of hydrogen-bond donors (Lipinski definition) is 3. The van der Waals surface area contributed by atoms with Gasteiger partial charge in [0.2, 0.25) is 5.91 Å². The van der Waals surface area contributed by atoms with Gasteiger partial charge in [0, 0.05) is 30.1 Å². The Bertz CT molecular complexity index is 1510. The van der Waals surface area contributed by atoms with Gasteiger partial charge in [-0.1, -0.05) is 23.9 Å². The second-order valence-electron chi connectivity index (χ2n) is 9.64. The number of hydrogen-bond acceptors (Lipinski definition) is 9. The summed E-state index contributed by atoms with van der Waals surface area (Å²) in [5, 5.41) is 33.8. The van der Waals surface area contributed by atoms with E-state index in [1.165, 1.54) is 30.1 Å². The molecule has 0 radical (unpaired) electrons. The number of thioether (sulfide) groups is 2. The van der Waals surface area contributed by atoms with Crippen LogP contribution in [-0.4, -0.2) is 84.5 Å². The van der Waals surface area contributed by atoms with Crippen molar-refractivity contribution < 1.29 is 43.7 Å². The number of carbonyl (C=O) groups is 6. The average molecular weight is 613 g/mol. The summed E-state index contributed by atoms with van der Waals surface area (Å²) in [6.45, 7) is 0. The van der Waals surface area contributed by atoms with Crippen LogP contribution in [0.15, 0.2) is 65.0 Å². The molecule has 4 amide bonds. The van der Waals surface area contributed by atoms with Crippen LogP contribution in [0.3, 0.4) is 0 Å². The number of amides is 4. The monoisotopic (exact) mass is 612 g/mol. The molecule has 0 aliphatic carbocycles. The van der Waals surface area contributed by atoms with Gasteiger partial charge in [0.05, 0.1) is 11.1 Å². The highest BCUT2D eigenvalue weighted by Gasteiger charge is 2.54. The summed E-state index contributed by atoms with van der Waals surface area (Å²) in [6, 6.07) is 8.48. The van der Waals surface area contributed by atoms with Gasteiger partial charge in [-0.25, -0.2) is 9.59 Å². The van der Waals surface area contributed by atoms with E-state index in [4.69, 9.17) is 0 Å². The lowest BCUT2D eigenvalue weighted by Crippen LogP contribution is -2.70. The number of nitrogens with zero attached hydrogens (tertiary/aromatic N) is 3. The van der Waals surface area contributed by atoms with Crippen molar-refractivity contribution in [2.75, 3.05) is 11.5 Å². The molecule has 0 saturated carbocycles. The third-order valence-corrected chi connectivity index (χ3v) is 9.50. The van der Waals surface area contributed by atoms with Gasteiger partial charge in [-0.15, -0.1) is 11.8 Å². The molecule has 42 heavy (non-hydrogen) atoms. The molecule has 1 fully saturated rings. The van der Waals surface area contributed by atoms with E-state index in [9.17, 15) is 44.2 Å². The van der Waals surface area contributed by atoms with Crippen LogP contribution in [0.4, 0.5) is 0 Å². The highest BCUT2D eigenvalue weighted by atomic mass is 32.2. The van der Waals surface area contributed by atoms with E-state index in [0.717, 1.165) is 16.7 Å². The van der Waals surface area contributed by atoms with Gasteiger partial charge in [0.15, 0.2) is 6.20 Å². The summed E-state index contributed by atoms with van der Waals surface area (Å²) in [4.78, 5) is 76.8. The van der Waals surface area contributed by atoms with E-state index >= 15 is 0 Å². The van der Waals surface area contributed by atoms with Crippen molar-refractivity contribution in [3.63, 3.8) is 0 Å². The molecule has 1 aromatic heterocycles. The number of carboxylic acid groups (broad SMARTS) is 2. The Hall–Kier alpha value is -4.37. The number of carbonyl (C=O) groups excluding carboxylic acids is 4. The van der Waals surface area contributed by atoms with Gasteiger partial charge in [-0.2, -0.15) is 4.73 Å². The number of imide groups is 1. The topological polar surface area (TPSA) is 188 Å². The fourth-order valence-electron chi connectivity index (χ4n) is 5.04. The van der Waals surface area contributed by atoms with Crippen molar-refractivity contribution in [3.05, 3.63) is 76.3 Å². The number of pyridine rings is 1. The summed E-state index contributed by atoms with van der Waals surface area (Å²) in [5.41, 5.74) is 0.550. The second kappa shape index (κ2) is 11.9. The minimum atomic E-state index is -1.47. The normalized spacial score (nSPS) is 20.1. The van der Waals surface area contributed by atoms with Gasteiger partial charge in [0.25, 0.3) is 22.7 Å². The van der Waals surface area contributed by atoms with Crippen molar-refractivity contribution in [1.82, 2.24) is 15.1 Å². The molecule has 3 aliphatic rings. The van der Waals surface area contributed by atoms with Crippen molar-refractivity contribution in [2.24, 2.45) is 0 Å². The number of nitrogens with one attached hydrogen (secondary N) is 1. The molecule has 1 saturated heterocycles. The van der Waals surface area contributed by atoms with E-state index in [2.05, 4.69) is 5.32 Å². The quantitative estimate of drug-likeness (QED) is 0.108. The summed E-state index contributed by atoms with van der Waals surface area (Å²) < 4.78 is 0.670. The molecule has 4 heterocycles. The van der Waals surface area contributed by atoms with Crippen LogP contribution in [0.25, 0.3) is 0 Å². The summed E-state index contributed by atoms with van der Waals surface area (Å²) in [6.07, 6.45) is 0.997.